The summed E-state index contributed by atoms with van der Waals surface area (Å²) >= 11 is 0. The molecule has 2 rings (SSSR count). The average molecular weight is 282 g/mol. The Morgan fingerprint density at radius 1 is 0.682 bits per heavy atom. The van der Waals surface area contributed by atoms with Gasteiger partial charge in [-0.25, -0.2) is 0 Å². The summed E-state index contributed by atoms with van der Waals surface area (Å²) < 4.78 is 0. The standard InChI is InChI=1S/C20H14N2/c1-15(13-21)19-9-5-17(6-10-19)3-4-18-7-11-20(12-8-18)16(2)14-22/h3-12H,1-2H2/b4-3+. The molecule has 2 aromatic carbocycles. The molecule has 0 unspecified atom stereocenters. The van der Waals surface area contributed by atoms with Crippen LogP contribution in [0.1, 0.15) is 22.3 Å². The van der Waals surface area contributed by atoms with Crippen molar-refractivity contribution < 1.29 is 0 Å². The van der Waals surface area contributed by atoms with Crippen LogP contribution < -0.4 is 0 Å². The lowest BCUT2D eigenvalue weighted by molar-refractivity contribution is 1.52. The van der Waals surface area contributed by atoms with Crippen LogP contribution in [0.2, 0.25) is 0 Å². The van der Waals surface area contributed by atoms with E-state index >= 15 is 0 Å². The Balaban J connectivity index is 2.12. The Bertz CT molecular complexity index is 736. The third-order valence-corrected chi connectivity index (χ3v) is 3.26. The van der Waals surface area contributed by atoms with Crippen molar-refractivity contribution in [3.05, 3.63) is 83.9 Å². The first-order valence-corrected chi connectivity index (χ1v) is 6.71. The zero-order valence-corrected chi connectivity index (χ0v) is 12.1. The van der Waals surface area contributed by atoms with Gasteiger partial charge in [0.05, 0.1) is 23.3 Å². The lowest BCUT2D eigenvalue weighted by atomic mass is 10.0. The summed E-state index contributed by atoms with van der Waals surface area (Å²) in [5.41, 5.74) is 4.67. The minimum Gasteiger partial charge on any atom is -0.192 e. The molecule has 2 heteroatoms. The molecule has 0 aliphatic rings. The molecule has 0 N–H and O–H groups in total. The molecule has 0 saturated heterocycles. The van der Waals surface area contributed by atoms with E-state index in [4.69, 9.17) is 10.5 Å². The molecule has 0 saturated carbocycles. The maximum Gasteiger partial charge on any atom is 0.0991 e. The van der Waals surface area contributed by atoms with Crippen molar-refractivity contribution in [3.63, 3.8) is 0 Å². The van der Waals surface area contributed by atoms with Crippen molar-refractivity contribution >= 4 is 23.3 Å². The summed E-state index contributed by atoms with van der Waals surface area (Å²) in [4.78, 5) is 0. The van der Waals surface area contributed by atoms with E-state index in [2.05, 4.69) is 13.2 Å². The fourth-order valence-corrected chi connectivity index (χ4v) is 1.91. The average Bonchev–Trinajstić information content (AvgIpc) is 2.59. The fourth-order valence-electron chi connectivity index (χ4n) is 1.91. The minimum atomic E-state index is 0.462. The topological polar surface area (TPSA) is 47.6 Å². The quantitative estimate of drug-likeness (QED) is 0.589. The van der Waals surface area contributed by atoms with Gasteiger partial charge in [0.2, 0.25) is 0 Å². The summed E-state index contributed by atoms with van der Waals surface area (Å²) in [5, 5.41) is 17.6. The van der Waals surface area contributed by atoms with Gasteiger partial charge in [0.1, 0.15) is 0 Å². The second kappa shape index (κ2) is 6.88. The van der Waals surface area contributed by atoms with Crippen LogP contribution in [0.25, 0.3) is 23.3 Å². The zero-order valence-electron chi connectivity index (χ0n) is 12.1. The molecule has 0 fully saturated rings. The van der Waals surface area contributed by atoms with E-state index < -0.39 is 0 Å². The van der Waals surface area contributed by atoms with Gasteiger partial charge in [-0.05, 0) is 22.3 Å². The van der Waals surface area contributed by atoms with E-state index in [9.17, 15) is 0 Å². The third-order valence-electron chi connectivity index (χ3n) is 3.26. The normalized spacial score (nSPS) is 9.91. The zero-order chi connectivity index (χ0) is 15.9. The molecule has 0 heterocycles. The molecule has 0 radical (unpaired) electrons. The van der Waals surface area contributed by atoms with Crippen molar-refractivity contribution in [2.75, 3.05) is 0 Å². The second-order valence-corrected chi connectivity index (χ2v) is 4.76. The summed E-state index contributed by atoms with van der Waals surface area (Å²) in [7, 11) is 0. The van der Waals surface area contributed by atoms with Gasteiger partial charge < -0.3 is 0 Å². The highest BCUT2D eigenvalue weighted by Crippen LogP contribution is 2.16. The summed E-state index contributed by atoms with van der Waals surface area (Å²) in [6.45, 7) is 7.37. The molecule has 0 aliphatic heterocycles. The highest BCUT2D eigenvalue weighted by molar-refractivity contribution is 5.78. The summed E-state index contributed by atoms with van der Waals surface area (Å²) in [5.74, 6) is 0. The highest BCUT2D eigenvalue weighted by Gasteiger charge is 1.97. The Kier molecular flexibility index (Phi) is 4.70. The third kappa shape index (κ3) is 3.60. The monoisotopic (exact) mass is 282 g/mol. The van der Waals surface area contributed by atoms with Crippen molar-refractivity contribution in [1.29, 1.82) is 10.5 Å². The van der Waals surface area contributed by atoms with Gasteiger partial charge in [-0.1, -0.05) is 73.8 Å². The van der Waals surface area contributed by atoms with E-state index in [0.29, 0.717) is 11.1 Å². The number of allylic oxidation sites excluding steroid dienone is 2. The van der Waals surface area contributed by atoms with E-state index in [-0.39, 0.29) is 0 Å². The van der Waals surface area contributed by atoms with Crippen LogP contribution in [0.5, 0.6) is 0 Å². The Labute approximate surface area is 130 Å². The maximum absolute atomic E-state index is 8.80. The highest BCUT2D eigenvalue weighted by atomic mass is 14.2. The molecule has 2 aromatic rings. The van der Waals surface area contributed by atoms with E-state index in [1.807, 2.05) is 72.8 Å². The smallest absolute Gasteiger partial charge is 0.0991 e. The molecule has 2 nitrogen and oxygen atoms in total. The van der Waals surface area contributed by atoms with Crippen molar-refractivity contribution in [2.45, 2.75) is 0 Å². The number of nitrogens with zero attached hydrogens (tertiary/aromatic N) is 2. The van der Waals surface area contributed by atoms with Crippen LogP contribution in [0.3, 0.4) is 0 Å². The van der Waals surface area contributed by atoms with Gasteiger partial charge in [-0.15, -0.1) is 0 Å². The van der Waals surface area contributed by atoms with Crippen LogP contribution in [0.15, 0.2) is 61.7 Å². The maximum atomic E-state index is 8.80. The molecule has 0 aromatic heterocycles. The predicted octanol–water partition coefficient (Wildman–Crippen LogP) is 4.93. The van der Waals surface area contributed by atoms with Crippen LogP contribution in [0, 0.1) is 22.7 Å². The molecule has 0 spiro atoms. The van der Waals surface area contributed by atoms with Crippen LogP contribution >= 0.6 is 0 Å². The second-order valence-electron chi connectivity index (χ2n) is 4.76. The Morgan fingerprint density at radius 3 is 1.27 bits per heavy atom. The largest absolute Gasteiger partial charge is 0.192 e. The number of rotatable bonds is 4. The van der Waals surface area contributed by atoms with Gasteiger partial charge in [0.25, 0.3) is 0 Å². The SMILES string of the molecule is C=C(C#N)c1ccc(/C=C/c2ccc(C(=C)C#N)cc2)cc1. The summed E-state index contributed by atoms with van der Waals surface area (Å²) in [6.07, 6.45) is 3.99. The molecule has 104 valence electrons. The molecule has 22 heavy (non-hydrogen) atoms. The molecular formula is C20H14N2. The van der Waals surface area contributed by atoms with Gasteiger partial charge in [0.15, 0.2) is 0 Å². The molecule has 0 bridgehead atoms. The first-order chi connectivity index (χ1) is 10.6. The Morgan fingerprint density at radius 2 is 1.00 bits per heavy atom. The van der Waals surface area contributed by atoms with Gasteiger partial charge in [-0.2, -0.15) is 10.5 Å². The van der Waals surface area contributed by atoms with Crippen molar-refractivity contribution in [3.8, 4) is 12.1 Å². The predicted molar refractivity (Wildman–Crippen MR) is 91.1 cm³/mol. The van der Waals surface area contributed by atoms with Gasteiger partial charge >= 0.3 is 0 Å². The lowest BCUT2D eigenvalue weighted by Crippen LogP contribution is -1.81. The first-order valence-electron chi connectivity index (χ1n) is 6.71. The van der Waals surface area contributed by atoms with E-state index in [1.54, 1.807) is 0 Å². The number of hydrogen-bond acceptors (Lipinski definition) is 2. The fraction of sp³-hybridized carbons (Fsp3) is 0. The lowest BCUT2D eigenvalue weighted by Gasteiger charge is -2.00. The van der Waals surface area contributed by atoms with Crippen LogP contribution in [-0.2, 0) is 0 Å². The number of nitriles is 2. The first kappa shape index (κ1) is 15.0. The van der Waals surface area contributed by atoms with Crippen LogP contribution in [0.4, 0.5) is 0 Å². The van der Waals surface area contributed by atoms with Crippen molar-refractivity contribution in [2.24, 2.45) is 0 Å². The molecule has 0 amide bonds. The van der Waals surface area contributed by atoms with E-state index in [0.717, 1.165) is 22.3 Å². The van der Waals surface area contributed by atoms with Gasteiger partial charge in [-0.3, -0.25) is 0 Å². The molecule has 0 aliphatic carbocycles. The molecule has 0 atom stereocenters. The number of benzene rings is 2. The number of hydrogen-bond donors (Lipinski definition) is 0. The Hall–Kier alpha value is -3.36. The van der Waals surface area contributed by atoms with Gasteiger partial charge in [0, 0.05) is 0 Å². The molecular weight excluding hydrogens is 268 g/mol. The van der Waals surface area contributed by atoms with E-state index in [1.165, 1.54) is 0 Å². The summed E-state index contributed by atoms with van der Waals surface area (Å²) in [6, 6.07) is 19.4. The van der Waals surface area contributed by atoms with Crippen LogP contribution in [-0.4, -0.2) is 0 Å². The minimum absolute atomic E-state index is 0.462. The van der Waals surface area contributed by atoms with Crippen molar-refractivity contribution in [1.82, 2.24) is 0 Å².